The maximum atomic E-state index is 13.8. The summed E-state index contributed by atoms with van der Waals surface area (Å²) in [4.78, 5) is 14.3. The quantitative estimate of drug-likeness (QED) is 0.256. The lowest BCUT2D eigenvalue weighted by molar-refractivity contribution is -0.143. The van der Waals surface area contributed by atoms with Crippen molar-refractivity contribution in [3.05, 3.63) is 88.0 Å². The predicted octanol–water partition coefficient (Wildman–Crippen LogP) is 9.16. The number of methoxy groups -OCH3 is 1. The minimum absolute atomic E-state index is 0.0211. The van der Waals surface area contributed by atoms with Crippen LogP contribution in [0.5, 0.6) is 5.75 Å². The van der Waals surface area contributed by atoms with E-state index >= 15 is 0 Å². The highest BCUT2D eigenvalue weighted by Crippen LogP contribution is 2.43. The van der Waals surface area contributed by atoms with E-state index in [4.69, 9.17) is 9.47 Å². The molecule has 250 valence electrons. The van der Waals surface area contributed by atoms with Crippen LogP contribution in [-0.2, 0) is 35.2 Å². The van der Waals surface area contributed by atoms with Crippen molar-refractivity contribution >= 4 is 6.09 Å². The summed E-state index contributed by atoms with van der Waals surface area (Å²) in [7, 11) is 1.36. The first-order chi connectivity index (χ1) is 21.2. The van der Waals surface area contributed by atoms with E-state index in [0.29, 0.717) is 23.3 Å². The van der Waals surface area contributed by atoms with Crippen LogP contribution < -0.4 is 4.74 Å². The Labute approximate surface area is 258 Å². The van der Waals surface area contributed by atoms with Crippen molar-refractivity contribution in [1.82, 2.24) is 4.90 Å². The lowest BCUT2D eigenvalue weighted by Crippen LogP contribution is -2.44. The van der Waals surface area contributed by atoms with Crippen LogP contribution in [0.1, 0.15) is 66.7 Å². The summed E-state index contributed by atoms with van der Waals surface area (Å²) >= 11 is 0. The molecule has 0 bridgehead atoms. The van der Waals surface area contributed by atoms with Crippen molar-refractivity contribution in [3.8, 4) is 16.9 Å². The zero-order valence-corrected chi connectivity index (χ0v) is 25.0. The molecular weight excluding hydrogens is 633 g/mol. The fourth-order valence-electron chi connectivity index (χ4n) is 5.22. The number of rotatable bonds is 7. The molecule has 46 heavy (non-hydrogen) atoms. The van der Waals surface area contributed by atoms with E-state index in [1.807, 2.05) is 0 Å². The third kappa shape index (κ3) is 7.37. The molecule has 0 aliphatic carbocycles. The molecule has 0 spiro atoms. The first-order valence-electron chi connectivity index (χ1n) is 13.9. The highest BCUT2D eigenvalue weighted by Gasteiger charge is 2.40. The topological polar surface area (TPSA) is 59.0 Å². The second-order valence-corrected chi connectivity index (χ2v) is 11.8. The summed E-state index contributed by atoms with van der Waals surface area (Å²) in [5, 5.41) is 9.88. The van der Waals surface area contributed by atoms with Gasteiger partial charge in [0, 0.05) is 30.0 Å². The largest absolute Gasteiger partial charge is 0.496 e. The van der Waals surface area contributed by atoms with Crippen LogP contribution in [0.3, 0.4) is 0 Å². The lowest BCUT2D eigenvalue weighted by Gasteiger charge is -2.38. The zero-order chi connectivity index (χ0) is 34.4. The Morgan fingerprint density at radius 3 is 1.87 bits per heavy atom. The van der Waals surface area contributed by atoms with E-state index in [2.05, 4.69) is 0 Å². The van der Waals surface area contributed by atoms with Crippen LogP contribution >= 0.6 is 0 Å². The number of aliphatic hydroxyl groups is 1. The number of hydrogen-bond donors (Lipinski definition) is 1. The number of carbonyl (C=O) groups excluding carboxylic acids is 1. The van der Waals surface area contributed by atoms with Crippen LogP contribution in [0.2, 0.25) is 0 Å². The highest BCUT2D eigenvalue weighted by molar-refractivity contribution is 5.76. The van der Waals surface area contributed by atoms with Gasteiger partial charge in [0.25, 0.3) is 0 Å². The van der Waals surface area contributed by atoms with Gasteiger partial charge in [0.15, 0.2) is 0 Å². The standard InChI is InChI=1S/C32H30F9NO4/c1-17-9-27(18-10-22(31(36,37)38)13-23(11-18)32(39,40)41)46-28(44)42(17)15-19-12-21(30(33,34)35)5-7-24(19)25-14-20(29(2,3)16-43)6-8-26(25)45-4/h5-8,10-14,17,27,43H,9,15-16H2,1-4H3/t17?,27-/m0/s1. The average Bonchev–Trinajstić information content (AvgIpc) is 2.96. The molecule has 1 unspecified atom stereocenters. The van der Waals surface area contributed by atoms with E-state index in [-0.39, 0.29) is 36.0 Å². The Morgan fingerprint density at radius 2 is 1.37 bits per heavy atom. The molecule has 1 aliphatic rings. The van der Waals surface area contributed by atoms with Gasteiger partial charge in [-0.25, -0.2) is 4.79 Å². The van der Waals surface area contributed by atoms with E-state index in [0.717, 1.165) is 17.0 Å². The number of aliphatic hydroxyl groups excluding tert-OH is 1. The van der Waals surface area contributed by atoms with Gasteiger partial charge in [0.05, 0.1) is 30.4 Å². The SMILES string of the molecule is COc1ccc(C(C)(C)CO)cc1-c1ccc(C(F)(F)F)cc1CN1C(=O)O[C@H](c2cc(C(F)(F)F)cc(C(F)(F)F)c2)CC1C. The molecule has 1 aliphatic heterocycles. The van der Waals surface area contributed by atoms with Gasteiger partial charge in [0.1, 0.15) is 11.9 Å². The number of nitrogens with zero attached hydrogens (tertiary/aromatic N) is 1. The van der Waals surface area contributed by atoms with Crippen molar-refractivity contribution in [2.75, 3.05) is 13.7 Å². The smallest absolute Gasteiger partial charge is 0.416 e. The van der Waals surface area contributed by atoms with Crippen molar-refractivity contribution in [3.63, 3.8) is 0 Å². The Hall–Kier alpha value is -3.94. The highest BCUT2D eigenvalue weighted by atomic mass is 19.4. The summed E-state index contributed by atoms with van der Waals surface area (Å²) in [6.45, 7) is 4.29. The van der Waals surface area contributed by atoms with E-state index in [1.165, 1.54) is 20.1 Å². The van der Waals surface area contributed by atoms with Gasteiger partial charge in [0.2, 0.25) is 0 Å². The van der Waals surface area contributed by atoms with Crippen LogP contribution in [0.4, 0.5) is 44.3 Å². The Balaban J connectivity index is 1.75. The van der Waals surface area contributed by atoms with Crippen LogP contribution in [-0.4, -0.2) is 35.9 Å². The number of hydrogen-bond acceptors (Lipinski definition) is 4. The Morgan fingerprint density at radius 1 is 0.804 bits per heavy atom. The first kappa shape index (κ1) is 34.9. The molecule has 1 N–H and O–H groups in total. The Bertz CT molecular complexity index is 1560. The van der Waals surface area contributed by atoms with Crippen LogP contribution in [0.25, 0.3) is 11.1 Å². The number of amides is 1. The molecule has 4 rings (SSSR count). The molecule has 0 aromatic heterocycles. The summed E-state index contributed by atoms with van der Waals surface area (Å²) in [5.41, 5.74) is -4.12. The van der Waals surface area contributed by atoms with Gasteiger partial charge in [-0.15, -0.1) is 0 Å². The van der Waals surface area contributed by atoms with Crippen LogP contribution in [0, 0.1) is 0 Å². The third-order valence-electron chi connectivity index (χ3n) is 7.99. The van der Waals surface area contributed by atoms with Gasteiger partial charge < -0.3 is 19.5 Å². The number of cyclic esters (lactones) is 1. The molecular formula is C32H30F9NO4. The summed E-state index contributed by atoms with van der Waals surface area (Å²) in [6.07, 6.45) is -17.9. The molecule has 2 atom stereocenters. The third-order valence-corrected chi connectivity index (χ3v) is 7.99. The average molecular weight is 664 g/mol. The monoisotopic (exact) mass is 663 g/mol. The fraction of sp³-hybridized carbons (Fsp3) is 0.406. The predicted molar refractivity (Wildman–Crippen MR) is 149 cm³/mol. The second-order valence-electron chi connectivity index (χ2n) is 11.8. The van der Waals surface area contributed by atoms with E-state index < -0.39 is 71.0 Å². The van der Waals surface area contributed by atoms with Crippen molar-refractivity contribution in [2.24, 2.45) is 0 Å². The minimum atomic E-state index is -5.11. The molecule has 3 aromatic carbocycles. The number of ether oxygens (including phenoxy) is 2. The van der Waals surface area contributed by atoms with Crippen molar-refractivity contribution in [1.29, 1.82) is 0 Å². The Kier molecular flexibility index (Phi) is 9.37. The van der Waals surface area contributed by atoms with Crippen molar-refractivity contribution in [2.45, 2.75) is 69.8 Å². The first-order valence-corrected chi connectivity index (χ1v) is 13.9. The minimum Gasteiger partial charge on any atom is -0.496 e. The number of benzene rings is 3. The summed E-state index contributed by atoms with van der Waals surface area (Å²) in [5.74, 6) is 0.290. The van der Waals surface area contributed by atoms with Gasteiger partial charge >= 0.3 is 24.6 Å². The van der Waals surface area contributed by atoms with Gasteiger partial charge in [-0.05, 0) is 71.6 Å². The molecule has 0 radical (unpaired) electrons. The molecule has 1 heterocycles. The lowest BCUT2D eigenvalue weighted by atomic mass is 9.83. The molecule has 1 amide bonds. The van der Waals surface area contributed by atoms with E-state index in [9.17, 15) is 49.4 Å². The van der Waals surface area contributed by atoms with Gasteiger partial charge in [-0.1, -0.05) is 26.0 Å². The maximum Gasteiger partial charge on any atom is 0.416 e. The molecule has 5 nitrogen and oxygen atoms in total. The number of alkyl halides is 9. The molecule has 1 saturated heterocycles. The van der Waals surface area contributed by atoms with Crippen molar-refractivity contribution < 1.29 is 58.9 Å². The maximum absolute atomic E-state index is 13.8. The molecule has 0 saturated carbocycles. The summed E-state index contributed by atoms with van der Waals surface area (Å²) in [6, 6.07) is 7.93. The van der Waals surface area contributed by atoms with Gasteiger partial charge in [-0.3, -0.25) is 0 Å². The van der Waals surface area contributed by atoms with Crippen LogP contribution in [0.15, 0.2) is 54.6 Å². The second kappa shape index (κ2) is 12.3. The molecule has 3 aromatic rings. The van der Waals surface area contributed by atoms with Gasteiger partial charge in [-0.2, -0.15) is 39.5 Å². The molecule has 14 heteroatoms. The van der Waals surface area contributed by atoms with E-state index in [1.54, 1.807) is 32.0 Å². The zero-order valence-electron chi connectivity index (χ0n) is 25.0. The summed E-state index contributed by atoms with van der Waals surface area (Å²) < 4.78 is 133. The number of halogens is 9. The number of carbonyl (C=O) groups is 1. The molecule has 1 fully saturated rings. The normalized spacial score (nSPS) is 18.0. The fourth-order valence-corrected chi connectivity index (χ4v) is 5.22.